The fourth-order valence-corrected chi connectivity index (χ4v) is 2.25. The van der Waals surface area contributed by atoms with Gasteiger partial charge in [0, 0.05) is 13.1 Å². The van der Waals surface area contributed by atoms with Crippen LogP contribution in [0.15, 0.2) is 24.5 Å². The Morgan fingerprint density at radius 3 is 2.57 bits per heavy atom. The standard InChI is InChI=1S/C15H22N4O2/c1-5-12(16-9-15-18-17-10-19(15)2)11-6-7-13(20-3)14(8-11)21-4/h6-8,10,12,16H,5,9H2,1-4H3. The maximum absolute atomic E-state index is 5.36. The molecule has 1 unspecified atom stereocenters. The molecule has 2 rings (SSSR count). The van der Waals surface area contributed by atoms with Crippen LogP contribution in [0.1, 0.15) is 30.8 Å². The first kappa shape index (κ1) is 15.3. The third-order valence-corrected chi connectivity index (χ3v) is 3.53. The molecular weight excluding hydrogens is 268 g/mol. The van der Waals surface area contributed by atoms with E-state index in [2.05, 4.69) is 28.5 Å². The second-order valence-electron chi connectivity index (χ2n) is 4.81. The van der Waals surface area contributed by atoms with Gasteiger partial charge in [0.2, 0.25) is 0 Å². The number of nitrogens with one attached hydrogen (secondary N) is 1. The Balaban J connectivity index is 2.12. The van der Waals surface area contributed by atoms with E-state index in [0.29, 0.717) is 6.54 Å². The molecule has 0 aliphatic heterocycles. The number of ether oxygens (including phenoxy) is 2. The minimum absolute atomic E-state index is 0.224. The van der Waals surface area contributed by atoms with Crippen molar-refractivity contribution in [2.75, 3.05) is 14.2 Å². The zero-order valence-corrected chi connectivity index (χ0v) is 13.0. The molecule has 0 radical (unpaired) electrons. The summed E-state index contributed by atoms with van der Waals surface area (Å²) in [5.74, 6) is 2.40. The van der Waals surface area contributed by atoms with E-state index in [1.807, 2.05) is 23.7 Å². The van der Waals surface area contributed by atoms with Gasteiger partial charge >= 0.3 is 0 Å². The summed E-state index contributed by atoms with van der Waals surface area (Å²) in [5.41, 5.74) is 1.16. The van der Waals surface area contributed by atoms with E-state index >= 15 is 0 Å². The van der Waals surface area contributed by atoms with Crippen molar-refractivity contribution in [3.05, 3.63) is 35.9 Å². The molecule has 1 aromatic heterocycles. The summed E-state index contributed by atoms with van der Waals surface area (Å²) >= 11 is 0. The zero-order valence-electron chi connectivity index (χ0n) is 13.0. The summed E-state index contributed by atoms with van der Waals surface area (Å²) < 4.78 is 12.5. The molecule has 6 nitrogen and oxygen atoms in total. The van der Waals surface area contributed by atoms with Crippen molar-refractivity contribution in [2.45, 2.75) is 25.9 Å². The molecule has 0 bridgehead atoms. The lowest BCUT2D eigenvalue weighted by atomic mass is 10.0. The topological polar surface area (TPSA) is 61.2 Å². The Morgan fingerprint density at radius 1 is 1.24 bits per heavy atom. The molecule has 0 fully saturated rings. The number of hydrogen-bond donors (Lipinski definition) is 1. The maximum Gasteiger partial charge on any atom is 0.161 e. The second-order valence-corrected chi connectivity index (χ2v) is 4.81. The molecule has 1 aromatic carbocycles. The van der Waals surface area contributed by atoms with Gasteiger partial charge in [0.15, 0.2) is 11.5 Å². The lowest BCUT2D eigenvalue weighted by Crippen LogP contribution is -2.22. The zero-order chi connectivity index (χ0) is 15.2. The van der Waals surface area contributed by atoms with Crippen LogP contribution in [0.4, 0.5) is 0 Å². The molecule has 21 heavy (non-hydrogen) atoms. The van der Waals surface area contributed by atoms with Gasteiger partial charge in [-0.2, -0.15) is 0 Å². The molecule has 1 N–H and O–H groups in total. The molecule has 0 aliphatic carbocycles. The van der Waals surface area contributed by atoms with E-state index in [4.69, 9.17) is 9.47 Å². The van der Waals surface area contributed by atoms with Gasteiger partial charge in [-0.1, -0.05) is 13.0 Å². The normalized spacial score (nSPS) is 12.2. The monoisotopic (exact) mass is 290 g/mol. The van der Waals surface area contributed by atoms with Crippen molar-refractivity contribution >= 4 is 0 Å². The molecule has 0 aliphatic rings. The first-order valence-electron chi connectivity index (χ1n) is 6.97. The average Bonchev–Trinajstić information content (AvgIpc) is 2.93. The lowest BCUT2D eigenvalue weighted by Gasteiger charge is -2.18. The van der Waals surface area contributed by atoms with Gasteiger partial charge in [-0.15, -0.1) is 10.2 Å². The molecule has 0 saturated carbocycles. The lowest BCUT2D eigenvalue weighted by molar-refractivity contribution is 0.353. The van der Waals surface area contributed by atoms with E-state index < -0.39 is 0 Å². The van der Waals surface area contributed by atoms with Gasteiger partial charge < -0.3 is 19.4 Å². The molecule has 0 amide bonds. The average molecular weight is 290 g/mol. The number of aryl methyl sites for hydroxylation is 1. The van der Waals surface area contributed by atoms with Crippen molar-refractivity contribution in [3.8, 4) is 11.5 Å². The van der Waals surface area contributed by atoms with Gasteiger partial charge in [0.05, 0.1) is 20.8 Å². The van der Waals surface area contributed by atoms with Crippen molar-refractivity contribution in [3.63, 3.8) is 0 Å². The van der Waals surface area contributed by atoms with E-state index in [9.17, 15) is 0 Å². The first-order valence-corrected chi connectivity index (χ1v) is 6.97. The number of methoxy groups -OCH3 is 2. The summed E-state index contributed by atoms with van der Waals surface area (Å²) in [7, 11) is 5.23. The van der Waals surface area contributed by atoms with Crippen LogP contribution in [0, 0.1) is 0 Å². The summed E-state index contributed by atoms with van der Waals surface area (Å²) in [6, 6.07) is 6.22. The number of nitrogens with zero attached hydrogens (tertiary/aromatic N) is 3. The summed E-state index contributed by atoms with van der Waals surface area (Å²) in [4.78, 5) is 0. The third-order valence-electron chi connectivity index (χ3n) is 3.53. The van der Waals surface area contributed by atoms with E-state index in [1.165, 1.54) is 0 Å². The van der Waals surface area contributed by atoms with Crippen molar-refractivity contribution in [1.29, 1.82) is 0 Å². The van der Waals surface area contributed by atoms with E-state index in [1.54, 1.807) is 20.5 Å². The Bertz CT molecular complexity index is 583. The molecule has 6 heteroatoms. The summed E-state index contributed by atoms with van der Waals surface area (Å²) in [6.07, 6.45) is 2.67. The van der Waals surface area contributed by atoms with Crippen molar-refractivity contribution < 1.29 is 9.47 Å². The van der Waals surface area contributed by atoms with Crippen LogP contribution in [0.2, 0.25) is 0 Å². The van der Waals surface area contributed by atoms with Crippen LogP contribution in [0.5, 0.6) is 11.5 Å². The highest BCUT2D eigenvalue weighted by atomic mass is 16.5. The molecule has 1 heterocycles. The van der Waals surface area contributed by atoms with Crippen LogP contribution in [-0.2, 0) is 13.6 Å². The molecule has 2 aromatic rings. The van der Waals surface area contributed by atoms with Gasteiger partial charge in [0.1, 0.15) is 12.2 Å². The van der Waals surface area contributed by atoms with Crippen molar-refractivity contribution in [2.24, 2.45) is 7.05 Å². The molecule has 1 atom stereocenters. The van der Waals surface area contributed by atoms with E-state index in [-0.39, 0.29) is 6.04 Å². The van der Waals surface area contributed by atoms with Gasteiger partial charge in [-0.3, -0.25) is 0 Å². The number of rotatable bonds is 7. The Hall–Kier alpha value is -2.08. The highest BCUT2D eigenvalue weighted by Gasteiger charge is 2.13. The molecule has 114 valence electrons. The largest absolute Gasteiger partial charge is 0.493 e. The summed E-state index contributed by atoms with van der Waals surface area (Å²) in [5, 5.41) is 11.5. The third kappa shape index (κ3) is 3.52. The number of aromatic nitrogens is 3. The predicted molar refractivity (Wildman–Crippen MR) is 80.4 cm³/mol. The minimum atomic E-state index is 0.224. The van der Waals surface area contributed by atoms with Crippen LogP contribution in [0.3, 0.4) is 0 Å². The van der Waals surface area contributed by atoms with Crippen LogP contribution < -0.4 is 14.8 Å². The van der Waals surface area contributed by atoms with Gasteiger partial charge in [-0.05, 0) is 24.1 Å². The molecule has 0 saturated heterocycles. The van der Waals surface area contributed by atoms with Crippen LogP contribution in [-0.4, -0.2) is 29.0 Å². The number of benzene rings is 1. The number of hydrogen-bond acceptors (Lipinski definition) is 5. The molecule has 0 spiro atoms. The van der Waals surface area contributed by atoms with Gasteiger partial charge in [-0.25, -0.2) is 0 Å². The fourth-order valence-electron chi connectivity index (χ4n) is 2.25. The highest BCUT2D eigenvalue weighted by Crippen LogP contribution is 2.30. The highest BCUT2D eigenvalue weighted by molar-refractivity contribution is 5.43. The Kier molecular flexibility index (Phi) is 5.16. The summed E-state index contributed by atoms with van der Waals surface area (Å²) in [6.45, 7) is 2.81. The second kappa shape index (κ2) is 7.08. The fraction of sp³-hybridized carbons (Fsp3) is 0.467. The van der Waals surface area contributed by atoms with Crippen LogP contribution >= 0.6 is 0 Å². The Morgan fingerprint density at radius 2 is 2.00 bits per heavy atom. The SMILES string of the molecule is CCC(NCc1nncn1C)c1ccc(OC)c(OC)c1. The molecular formula is C15H22N4O2. The quantitative estimate of drug-likeness (QED) is 0.846. The van der Waals surface area contributed by atoms with Gasteiger partial charge in [0.25, 0.3) is 0 Å². The van der Waals surface area contributed by atoms with E-state index in [0.717, 1.165) is 29.3 Å². The predicted octanol–water partition coefficient (Wildman–Crippen LogP) is 2.07. The first-order chi connectivity index (χ1) is 10.2. The minimum Gasteiger partial charge on any atom is -0.493 e. The maximum atomic E-state index is 5.36. The van der Waals surface area contributed by atoms with Crippen LogP contribution in [0.25, 0.3) is 0 Å². The Labute approximate surface area is 125 Å². The van der Waals surface area contributed by atoms with Crippen molar-refractivity contribution in [1.82, 2.24) is 20.1 Å². The smallest absolute Gasteiger partial charge is 0.161 e.